The molecule has 0 bridgehead atoms. The lowest BCUT2D eigenvalue weighted by atomic mass is 9.99. The van der Waals surface area contributed by atoms with Crippen LogP contribution in [0.4, 0.5) is 5.69 Å². The molecule has 26 heavy (non-hydrogen) atoms. The SMILES string of the molecule is COc1cc(CN2CCCCC2)cc2[nH]c(=O)c3c(c12)NCCC3.Cl.Cl. The first-order valence-electron chi connectivity index (χ1n) is 8.98. The summed E-state index contributed by atoms with van der Waals surface area (Å²) in [6.07, 6.45) is 5.71. The lowest BCUT2D eigenvalue weighted by Gasteiger charge is -2.27. The van der Waals surface area contributed by atoms with Gasteiger partial charge in [-0.15, -0.1) is 24.8 Å². The van der Waals surface area contributed by atoms with Crippen molar-refractivity contribution in [2.45, 2.75) is 38.6 Å². The fourth-order valence-corrected chi connectivity index (χ4v) is 4.03. The number of methoxy groups -OCH3 is 1. The number of likely N-dealkylation sites (tertiary alicyclic amines) is 1. The summed E-state index contributed by atoms with van der Waals surface area (Å²) >= 11 is 0. The predicted octanol–water partition coefficient (Wildman–Crippen LogP) is 3.72. The van der Waals surface area contributed by atoms with Gasteiger partial charge in [-0.25, -0.2) is 0 Å². The monoisotopic (exact) mass is 399 g/mol. The zero-order chi connectivity index (χ0) is 16.5. The molecule has 1 saturated heterocycles. The third-order valence-corrected chi connectivity index (χ3v) is 5.22. The number of anilines is 1. The third kappa shape index (κ3) is 3.95. The van der Waals surface area contributed by atoms with Crippen LogP contribution in [-0.4, -0.2) is 36.6 Å². The predicted molar refractivity (Wildman–Crippen MR) is 112 cm³/mol. The van der Waals surface area contributed by atoms with Crippen LogP contribution in [0, 0.1) is 0 Å². The maximum Gasteiger partial charge on any atom is 0.253 e. The summed E-state index contributed by atoms with van der Waals surface area (Å²) in [7, 11) is 1.71. The Labute approximate surface area is 166 Å². The molecule has 0 aliphatic carbocycles. The molecule has 1 aromatic carbocycles. The first kappa shape index (κ1) is 20.9. The Hall–Kier alpha value is -1.43. The molecule has 0 spiro atoms. The number of hydrogen-bond donors (Lipinski definition) is 2. The normalized spacial score (nSPS) is 16.8. The second-order valence-corrected chi connectivity index (χ2v) is 6.90. The van der Waals surface area contributed by atoms with Gasteiger partial charge in [-0.05, 0) is 56.5 Å². The van der Waals surface area contributed by atoms with Crippen LogP contribution in [0.1, 0.15) is 36.8 Å². The van der Waals surface area contributed by atoms with Crippen LogP contribution < -0.4 is 15.6 Å². The van der Waals surface area contributed by atoms with Crippen molar-refractivity contribution < 1.29 is 4.74 Å². The number of aromatic amines is 1. The van der Waals surface area contributed by atoms with E-state index in [1.54, 1.807) is 7.11 Å². The van der Waals surface area contributed by atoms with E-state index in [2.05, 4.69) is 27.3 Å². The number of nitrogens with zero attached hydrogens (tertiary/aromatic N) is 1. The van der Waals surface area contributed by atoms with Crippen molar-refractivity contribution in [1.29, 1.82) is 0 Å². The number of pyridine rings is 1. The van der Waals surface area contributed by atoms with Crippen molar-refractivity contribution in [1.82, 2.24) is 9.88 Å². The van der Waals surface area contributed by atoms with Crippen LogP contribution in [0.15, 0.2) is 16.9 Å². The van der Waals surface area contributed by atoms with E-state index in [0.29, 0.717) is 0 Å². The van der Waals surface area contributed by atoms with Crippen LogP contribution >= 0.6 is 24.8 Å². The lowest BCUT2D eigenvalue weighted by Crippen LogP contribution is -2.29. The summed E-state index contributed by atoms with van der Waals surface area (Å²) in [5.41, 5.74) is 3.92. The number of fused-ring (bicyclic) bond motifs is 3. The number of halogens is 2. The van der Waals surface area contributed by atoms with E-state index < -0.39 is 0 Å². The Morgan fingerprint density at radius 2 is 1.88 bits per heavy atom. The molecule has 0 atom stereocenters. The van der Waals surface area contributed by atoms with Gasteiger partial charge in [-0.2, -0.15) is 0 Å². The van der Waals surface area contributed by atoms with Crippen molar-refractivity contribution in [2.24, 2.45) is 0 Å². The molecule has 5 nitrogen and oxygen atoms in total. The molecule has 0 radical (unpaired) electrons. The second-order valence-electron chi connectivity index (χ2n) is 6.90. The van der Waals surface area contributed by atoms with E-state index in [1.807, 2.05) is 0 Å². The van der Waals surface area contributed by atoms with Gasteiger partial charge < -0.3 is 15.0 Å². The van der Waals surface area contributed by atoms with Crippen LogP contribution in [0.2, 0.25) is 0 Å². The number of piperidine rings is 1. The van der Waals surface area contributed by atoms with Crippen LogP contribution in [0.3, 0.4) is 0 Å². The molecule has 2 aliphatic rings. The molecule has 1 aromatic heterocycles. The van der Waals surface area contributed by atoms with Crippen molar-refractivity contribution >= 4 is 41.4 Å². The van der Waals surface area contributed by atoms with E-state index in [4.69, 9.17) is 4.74 Å². The molecule has 1 fully saturated rings. The summed E-state index contributed by atoms with van der Waals surface area (Å²) in [4.78, 5) is 18.0. The fraction of sp³-hybridized carbons (Fsp3) is 0.526. The molecule has 2 N–H and O–H groups in total. The van der Waals surface area contributed by atoms with Crippen molar-refractivity contribution in [3.8, 4) is 5.75 Å². The highest BCUT2D eigenvalue weighted by Gasteiger charge is 2.20. The summed E-state index contributed by atoms with van der Waals surface area (Å²) in [6, 6.07) is 4.25. The van der Waals surface area contributed by atoms with Crippen LogP contribution in [0.5, 0.6) is 5.75 Å². The molecule has 0 saturated carbocycles. The van der Waals surface area contributed by atoms with E-state index in [1.165, 1.54) is 24.8 Å². The number of benzene rings is 1. The molecule has 0 amide bonds. The van der Waals surface area contributed by atoms with E-state index in [0.717, 1.165) is 66.9 Å². The first-order valence-corrected chi connectivity index (χ1v) is 8.98. The smallest absolute Gasteiger partial charge is 0.253 e. The molecule has 0 unspecified atom stereocenters. The van der Waals surface area contributed by atoms with Gasteiger partial charge in [0.05, 0.1) is 23.7 Å². The topological polar surface area (TPSA) is 57.4 Å². The van der Waals surface area contributed by atoms with Gasteiger partial charge in [0.25, 0.3) is 5.56 Å². The Morgan fingerprint density at radius 1 is 1.12 bits per heavy atom. The Bertz CT molecular complexity index is 817. The average molecular weight is 400 g/mol. The minimum absolute atomic E-state index is 0. The van der Waals surface area contributed by atoms with Gasteiger partial charge in [0.15, 0.2) is 0 Å². The number of aromatic nitrogens is 1. The summed E-state index contributed by atoms with van der Waals surface area (Å²) < 4.78 is 5.68. The van der Waals surface area contributed by atoms with E-state index >= 15 is 0 Å². The molecule has 144 valence electrons. The highest BCUT2D eigenvalue weighted by Crippen LogP contribution is 2.35. The molecule has 4 rings (SSSR count). The zero-order valence-corrected chi connectivity index (χ0v) is 16.7. The van der Waals surface area contributed by atoms with Crippen LogP contribution in [0.25, 0.3) is 10.9 Å². The molecule has 7 heteroatoms. The number of nitrogens with one attached hydrogen (secondary N) is 2. The van der Waals surface area contributed by atoms with E-state index in [-0.39, 0.29) is 30.4 Å². The fourth-order valence-electron chi connectivity index (χ4n) is 4.03. The maximum absolute atomic E-state index is 12.4. The van der Waals surface area contributed by atoms with Crippen molar-refractivity contribution in [3.05, 3.63) is 33.6 Å². The molecule has 2 aliphatic heterocycles. The first-order chi connectivity index (χ1) is 11.8. The highest BCUT2D eigenvalue weighted by atomic mass is 35.5. The van der Waals surface area contributed by atoms with E-state index in [9.17, 15) is 4.79 Å². The second kappa shape index (κ2) is 8.98. The number of rotatable bonds is 3. The Kier molecular flexibility index (Phi) is 7.21. The average Bonchev–Trinajstić information content (AvgIpc) is 2.62. The maximum atomic E-state index is 12.4. The Balaban J connectivity index is 0.00000121. The van der Waals surface area contributed by atoms with Gasteiger partial charge in [0.2, 0.25) is 0 Å². The minimum atomic E-state index is 0. The number of ether oxygens (including phenoxy) is 1. The quantitative estimate of drug-likeness (QED) is 0.825. The number of hydrogen-bond acceptors (Lipinski definition) is 4. The summed E-state index contributed by atoms with van der Waals surface area (Å²) in [6.45, 7) is 4.13. The molecular formula is C19H27Cl2N3O2. The van der Waals surface area contributed by atoms with Crippen LogP contribution in [-0.2, 0) is 13.0 Å². The van der Waals surface area contributed by atoms with Gasteiger partial charge in [0, 0.05) is 18.7 Å². The molecular weight excluding hydrogens is 373 g/mol. The molecule has 2 aromatic rings. The zero-order valence-electron chi connectivity index (χ0n) is 15.1. The Morgan fingerprint density at radius 3 is 2.62 bits per heavy atom. The standard InChI is InChI=1S/C19H25N3O2.2ClH/c1-24-16-11-13(12-22-8-3-2-4-9-22)10-15-17(16)18-14(19(23)21-15)6-5-7-20-18;;/h10-11,20H,2-9,12H2,1H3,(H,21,23);2*1H. The summed E-state index contributed by atoms with van der Waals surface area (Å²) in [5.74, 6) is 0.849. The number of H-pyrrole nitrogens is 1. The minimum Gasteiger partial charge on any atom is -0.496 e. The van der Waals surface area contributed by atoms with Crippen molar-refractivity contribution in [2.75, 3.05) is 32.1 Å². The van der Waals surface area contributed by atoms with Gasteiger partial charge >= 0.3 is 0 Å². The van der Waals surface area contributed by atoms with Gasteiger partial charge in [-0.3, -0.25) is 9.69 Å². The third-order valence-electron chi connectivity index (χ3n) is 5.22. The highest BCUT2D eigenvalue weighted by molar-refractivity contribution is 5.98. The lowest BCUT2D eigenvalue weighted by molar-refractivity contribution is 0.221. The van der Waals surface area contributed by atoms with Crippen molar-refractivity contribution in [3.63, 3.8) is 0 Å². The van der Waals surface area contributed by atoms with Gasteiger partial charge in [-0.1, -0.05) is 6.42 Å². The largest absolute Gasteiger partial charge is 0.496 e. The van der Waals surface area contributed by atoms with Gasteiger partial charge in [0.1, 0.15) is 5.75 Å². The molecule has 3 heterocycles. The summed E-state index contributed by atoms with van der Waals surface area (Å²) in [5, 5.41) is 4.42.